The molecule has 0 N–H and O–H groups in total. The van der Waals surface area contributed by atoms with Gasteiger partial charge in [0, 0.05) is 48.4 Å². The van der Waals surface area contributed by atoms with Crippen LogP contribution in [-0.4, -0.2) is 33.8 Å². The Labute approximate surface area is 194 Å². The monoisotopic (exact) mass is 454 g/mol. The standard InChI is InChI=1S/C24H24N9O/c1-3-4-5-8-32-20-12-19(27-22(20)23(34)33-16(2)28-29-24(32)33)18-13-26-31(15-18)14-17-6-9-30-10-7-25-21(30)11-17/h6-7,9-13,15H,3-5,8,14H2,1-2H3/q+1. The molecule has 0 bridgehead atoms. The van der Waals surface area contributed by atoms with Gasteiger partial charge in [-0.15, -0.1) is 4.40 Å². The van der Waals surface area contributed by atoms with E-state index in [0.717, 1.165) is 54.0 Å². The van der Waals surface area contributed by atoms with Crippen molar-refractivity contribution in [2.75, 3.05) is 0 Å². The quantitative estimate of drug-likeness (QED) is 0.275. The molecule has 0 saturated heterocycles. The number of hydrogen-bond donors (Lipinski definition) is 0. The Morgan fingerprint density at radius 1 is 1.15 bits per heavy atom. The average Bonchev–Trinajstić information content (AvgIpc) is 3.62. The van der Waals surface area contributed by atoms with E-state index in [0.29, 0.717) is 23.5 Å². The highest BCUT2D eigenvalue weighted by Gasteiger charge is 2.27. The highest BCUT2D eigenvalue weighted by molar-refractivity contribution is 5.81. The molecule has 6 heterocycles. The van der Waals surface area contributed by atoms with Crippen LogP contribution in [0.5, 0.6) is 0 Å². The van der Waals surface area contributed by atoms with Crippen LogP contribution >= 0.6 is 0 Å². The van der Waals surface area contributed by atoms with Gasteiger partial charge in [0.1, 0.15) is 11.3 Å². The summed E-state index contributed by atoms with van der Waals surface area (Å²) in [5.74, 6) is 1.13. The summed E-state index contributed by atoms with van der Waals surface area (Å²) in [6, 6.07) is 4.10. The molecule has 170 valence electrons. The average molecular weight is 455 g/mol. The Hall–Kier alpha value is -4.21. The molecule has 10 nitrogen and oxygen atoms in total. The van der Waals surface area contributed by atoms with Crippen LogP contribution in [0.15, 0.2) is 52.9 Å². The zero-order chi connectivity index (χ0) is 23.2. The normalized spacial score (nSPS) is 12.9. The molecule has 0 radical (unpaired) electrons. The molecule has 0 unspecified atom stereocenters. The summed E-state index contributed by atoms with van der Waals surface area (Å²) in [5.41, 5.74) is 4.20. The van der Waals surface area contributed by atoms with E-state index in [2.05, 4.69) is 37.8 Å². The van der Waals surface area contributed by atoms with Crippen LogP contribution < -0.4 is 15.5 Å². The third kappa shape index (κ3) is 3.30. The number of hydrogen-bond acceptors (Lipinski definition) is 6. The maximum absolute atomic E-state index is 13.2. The van der Waals surface area contributed by atoms with E-state index >= 15 is 0 Å². The van der Waals surface area contributed by atoms with Gasteiger partial charge < -0.3 is 4.40 Å². The van der Waals surface area contributed by atoms with Crippen molar-refractivity contribution in [3.05, 3.63) is 81.5 Å². The van der Waals surface area contributed by atoms with Crippen molar-refractivity contribution in [1.82, 2.24) is 33.8 Å². The third-order valence-electron chi connectivity index (χ3n) is 6.22. The van der Waals surface area contributed by atoms with Gasteiger partial charge in [-0.25, -0.2) is 19.3 Å². The van der Waals surface area contributed by atoms with Gasteiger partial charge in [-0.1, -0.05) is 19.8 Å². The zero-order valence-corrected chi connectivity index (χ0v) is 19.1. The minimum atomic E-state index is -0.189. The zero-order valence-electron chi connectivity index (χ0n) is 19.1. The van der Waals surface area contributed by atoms with Crippen LogP contribution in [0.25, 0.3) is 23.2 Å². The first-order valence-electron chi connectivity index (χ1n) is 11.5. The SMILES string of the molecule is CCCCC[n+]1c2c(c(=O)n3c(C)nnc31)=NC(c1cnn(Cc3ccn4ccnc4c3)c1)=C2. The number of unbranched alkanes of at least 4 members (excludes halogenated alkanes) is 2. The van der Waals surface area contributed by atoms with Crippen LogP contribution in [-0.2, 0) is 13.1 Å². The molecule has 5 aromatic rings. The molecule has 1 aliphatic heterocycles. The number of imidazole rings is 1. The highest BCUT2D eigenvalue weighted by atomic mass is 16.1. The van der Waals surface area contributed by atoms with Crippen molar-refractivity contribution < 1.29 is 4.57 Å². The van der Waals surface area contributed by atoms with Crippen LogP contribution in [0.2, 0.25) is 0 Å². The molecule has 0 aliphatic carbocycles. The van der Waals surface area contributed by atoms with E-state index in [1.807, 2.05) is 39.8 Å². The second-order valence-electron chi connectivity index (χ2n) is 8.58. The first kappa shape index (κ1) is 20.4. The smallest absolute Gasteiger partial charge is 0.307 e. The van der Waals surface area contributed by atoms with E-state index in [4.69, 9.17) is 4.99 Å². The molecule has 10 heteroatoms. The number of nitrogens with zero attached hydrogens (tertiary/aromatic N) is 9. The molecule has 0 fully saturated rings. The predicted octanol–water partition coefficient (Wildman–Crippen LogP) is 1.62. The summed E-state index contributed by atoms with van der Waals surface area (Å²) in [5, 5.41) is 13.4. The van der Waals surface area contributed by atoms with Crippen molar-refractivity contribution in [3.63, 3.8) is 0 Å². The van der Waals surface area contributed by atoms with Gasteiger partial charge in [0.15, 0.2) is 5.36 Å². The lowest BCUT2D eigenvalue weighted by Gasteiger charge is -2.04. The second-order valence-corrected chi connectivity index (χ2v) is 8.58. The number of fused-ring (bicyclic) bond motifs is 3. The fourth-order valence-electron chi connectivity index (χ4n) is 4.46. The molecule has 0 saturated carbocycles. The van der Waals surface area contributed by atoms with Gasteiger partial charge in [-0.05, 0) is 29.2 Å². The molecular formula is C24H24N9O+. The maximum atomic E-state index is 13.2. The van der Waals surface area contributed by atoms with Gasteiger partial charge >= 0.3 is 11.3 Å². The van der Waals surface area contributed by atoms with Crippen molar-refractivity contribution in [2.45, 2.75) is 46.2 Å². The number of pyridine rings is 1. The molecule has 0 atom stereocenters. The van der Waals surface area contributed by atoms with E-state index in [1.165, 1.54) is 0 Å². The van der Waals surface area contributed by atoms with E-state index in [1.54, 1.807) is 23.7 Å². The van der Waals surface area contributed by atoms with E-state index in [9.17, 15) is 4.79 Å². The maximum Gasteiger partial charge on any atom is 0.431 e. The Morgan fingerprint density at radius 2 is 2.06 bits per heavy atom. The largest absolute Gasteiger partial charge is 0.431 e. The molecular weight excluding hydrogens is 430 g/mol. The Morgan fingerprint density at radius 3 is 2.94 bits per heavy atom. The first-order valence-corrected chi connectivity index (χ1v) is 11.5. The van der Waals surface area contributed by atoms with Gasteiger partial charge in [0.2, 0.25) is 5.82 Å². The molecule has 34 heavy (non-hydrogen) atoms. The molecule has 6 rings (SSSR count). The summed E-state index contributed by atoms with van der Waals surface area (Å²) in [6.07, 6.45) is 14.6. The predicted molar refractivity (Wildman–Crippen MR) is 125 cm³/mol. The highest BCUT2D eigenvalue weighted by Crippen LogP contribution is 2.20. The minimum absolute atomic E-state index is 0.189. The van der Waals surface area contributed by atoms with Crippen LogP contribution in [0.1, 0.15) is 48.8 Å². The fourth-order valence-corrected chi connectivity index (χ4v) is 4.46. The van der Waals surface area contributed by atoms with Crippen LogP contribution in [0, 0.1) is 6.92 Å². The number of aryl methyl sites for hydroxylation is 2. The Bertz CT molecular complexity index is 1690. The molecule has 0 spiro atoms. The second kappa shape index (κ2) is 7.98. The molecule has 0 amide bonds. The minimum Gasteiger partial charge on any atom is -0.307 e. The van der Waals surface area contributed by atoms with Gasteiger partial charge in [0.25, 0.3) is 0 Å². The van der Waals surface area contributed by atoms with Gasteiger partial charge in [-0.2, -0.15) is 5.10 Å². The summed E-state index contributed by atoms with van der Waals surface area (Å²) in [4.78, 5) is 22.3. The summed E-state index contributed by atoms with van der Waals surface area (Å²) in [6.45, 7) is 5.34. The van der Waals surface area contributed by atoms with Crippen LogP contribution in [0.4, 0.5) is 0 Å². The summed E-state index contributed by atoms with van der Waals surface area (Å²) in [7, 11) is 0. The van der Waals surface area contributed by atoms with Crippen molar-refractivity contribution in [3.8, 4) is 0 Å². The first-order chi connectivity index (χ1) is 16.6. The molecule has 5 aromatic heterocycles. The van der Waals surface area contributed by atoms with Crippen molar-refractivity contribution in [1.29, 1.82) is 0 Å². The Balaban J connectivity index is 1.36. The lowest BCUT2D eigenvalue weighted by Crippen LogP contribution is -2.50. The van der Waals surface area contributed by atoms with Gasteiger partial charge in [-0.3, -0.25) is 4.68 Å². The number of aromatic nitrogens is 8. The fraction of sp³-hybridized carbons (Fsp3) is 0.292. The molecule has 1 aliphatic rings. The summed E-state index contributed by atoms with van der Waals surface area (Å²) >= 11 is 0. The lowest BCUT2D eigenvalue weighted by molar-refractivity contribution is -0.679. The Kier molecular flexibility index (Phi) is 4.79. The van der Waals surface area contributed by atoms with Gasteiger partial charge in [0.05, 0.1) is 25.0 Å². The lowest BCUT2D eigenvalue weighted by atomic mass is 10.2. The third-order valence-corrected chi connectivity index (χ3v) is 6.22. The van der Waals surface area contributed by atoms with E-state index < -0.39 is 0 Å². The summed E-state index contributed by atoms with van der Waals surface area (Å²) < 4.78 is 7.47. The van der Waals surface area contributed by atoms with Crippen molar-refractivity contribution >= 4 is 23.2 Å². The number of rotatable bonds is 7. The molecule has 0 aromatic carbocycles. The topological polar surface area (TPSA) is 98.6 Å². The van der Waals surface area contributed by atoms with E-state index in [-0.39, 0.29) is 5.56 Å². The van der Waals surface area contributed by atoms with Crippen LogP contribution in [0.3, 0.4) is 0 Å². The van der Waals surface area contributed by atoms with Crippen molar-refractivity contribution in [2.24, 2.45) is 4.99 Å².